The van der Waals surface area contributed by atoms with E-state index in [0.717, 1.165) is 57.8 Å². The lowest BCUT2D eigenvalue weighted by Crippen LogP contribution is -2.64. The molecule has 1 aliphatic carbocycles. The van der Waals surface area contributed by atoms with Crippen molar-refractivity contribution in [1.29, 1.82) is 0 Å². The molecule has 0 aromatic rings. The Morgan fingerprint density at radius 3 is 1.13 bits per heavy atom. The molecular formula is C53H101O13P. The predicted octanol–water partition coefficient (Wildman–Crippen LogP) is 12.2. The number of hydrogen-bond acceptors (Lipinski definition) is 12. The molecule has 1 fully saturated rings. The first-order chi connectivity index (χ1) is 32.4. The highest BCUT2D eigenvalue weighted by atomic mass is 31.2. The molecule has 0 aliphatic heterocycles. The Morgan fingerprint density at radius 1 is 0.448 bits per heavy atom. The number of esters is 2. The van der Waals surface area contributed by atoms with Crippen molar-refractivity contribution >= 4 is 19.8 Å². The van der Waals surface area contributed by atoms with Gasteiger partial charge < -0.3 is 39.9 Å². The maximum absolute atomic E-state index is 12.9. The molecule has 67 heavy (non-hydrogen) atoms. The summed E-state index contributed by atoms with van der Waals surface area (Å²) in [5, 5.41) is 50.3. The average molecular weight is 977 g/mol. The van der Waals surface area contributed by atoms with Crippen LogP contribution in [0.15, 0.2) is 12.2 Å². The second kappa shape index (κ2) is 43.4. The van der Waals surface area contributed by atoms with Gasteiger partial charge in [0.1, 0.15) is 43.2 Å². The van der Waals surface area contributed by atoms with Crippen LogP contribution in [-0.2, 0) is 32.7 Å². The van der Waals surface area contributed by atoms with E-state index in [-0.39, 0.29) is 12.8 Å². The van der Waals surface area contributed by atoms with Crippen LogP contribution in [0.2, 0.25) is 0 Å². The molecular weight excluding hydrogens is 876 g/mol. The number of unbranched alkanes of at least 4 members (excludes halogenated alkanes) is 33. The molecule has 0 aromatic heterocycles. The Labute approximate surface area is 407 Å². The van der Waals surface area contributed by atoms with E-state index in [1.165, 1.54) is 161 Å². The van der Waals surface area contributed by atoms with Crippen LogP contribution >= 0.6 is 7.82 Å². The Balaban J connectivity index is 2.32. The smallest absolute Gasteiger partial charge is 0.462 e. The molecule has 6 unspecified atom stereocenters. The molecule has 6 N–H and O–H groups in total. The number of phosphoric acid groups is 1. The number of aliphatic hydroxyl groups excluding tert-OH is 5. The lowest BCUT2D eigenvalue weighted by atomic mass is 9.85. The molecule has 0 spiro atoms. The van der Waals surface area contributed by atoms with Crippen LogP contribution in [0.5, 0.6) is 0 Å². The minimum Gasteiger partial charge on any atom is -0.462 e. The van der Waals surface area contributed by atoms with Crippen molar-refractivity contribution < 1.29 is 63.1 Å². The number of phosphoric ester groups is 1. The summed E-state index contributed by atoms with van der Waals surface area (Å²) in [5.41, 5.74) is 0. The van der Waals surface area contributed by atoms with Crippen LogP contribution in [-0.4, -0.2) is 98.3 Å². The summed E-state index contributed by atoms with van der Waals surface area (Å²) in [5.74, 6) is -1.09. The molecule has 0 saturated heterocycles. The molecule has 0 bridgehead atoms. The van der Waals surface area contributed by atoms with Crippen molar-refractivity contribution in [3.63, 3.8) is 0 Å². The SMILES string of the molecule is CCCCCCCC/C=C\CCCCCCCC(=O)OC(COC(=O)CCCCCCCCCCCCCCCCCCCCCCCCC)COP(=O)(O)OC1C(O)C(O)C(O)C(O)C1O. The number of hydrogen-bond donors (Lipinski definition) is 6. The topological polar surface area (TPSA) is 210 Å². The fourth-order valence-electron chi connectivity index (χ4n) is 8.70. The molecule has 0 heterocycles. The van der Waals surface area contributed by atoms with Crippen LogP contribution in [0.3, 0.4) is 0 Å². The molecule has 13 nitrogen and oxygen atoms in total. The van der Waals surface area contributed by atoms with Crippen molar-refractivity contribution in [3.05, 3.63) is 12.2 Å². The van der Waals surface area contributed by atoms with E-state index < -0.39 is 75.7 Å². The van der Waals surface area contributed by atoms with Gasteiger partial charge in [-0.05, 0) is 38.5 Å². The number of ether oxygens (including phenoxy) is 2. The van der Waals surface area contributed by atoms with E-state index in [9.17, 15) is 44.6 Å². The fraction of sp³-hybridized carbons (Fsp3) is 0.925. The zero-order chi connectivity index (χ0) is 49.2. The first-order valence-corrected chi connectivity index (χ1v) is 29.0. The number of aliphatic hydroxyl groups is 5. The van der Waals surface area contributed by atoms with Crippen molar-refractivity contribution in [1.82, 2.24) is 0 Å². The Bertz CT molecular complexity index is 1220. The zero-order valence-electron chi connectivity index (χ0n) is 42.5. The van der Waals surface area contributed by atoms with E-state index in [0.29, 0.717) is 12.8 Å². The van der Waals surface area contributed by atoms with Gasteiger partial charge in [0.05, 0.1) is 6.61 Å². The Morgan fingerprint density at radius 2 is 0.761 bits per heavy atom. The maximum Gasteiger partial charge on any atom is 0.472 e. The number of carbonyl (C=O) groups is 2. The molecule has 14 heteroatoms. The Kier molecular flexibility index (Phi) is 41.2. The van der Waals surface area contributed by atoms with Gasteiger partial charge in [0, 0.05) is 12.8 Å². The standard InChI is InChI=1S/C53H101O13P/c1-3-5-7-9-11-13-15-17-19-20-21-22-23-24-25-26-28-29-31-33-35-37-39-41-46(54)63-43-45(44-64-67(61,62)66-53-51(59)49(57)48(56)50(58)52(53)60)65-47(55)42-40-38-36-34-32-30-27-18-16-14-12-10-8-6-4-2/h18,27,45,48-53,56-60H,3-17,19-26,28-44H2,1-2H3,(H,61,62)/b27-18-. The number of carbonyl (C=O) groups excluding carboxylic acids is 2. The second-order valence-electron chi connectivity index (χ2n) is 19.4. The monoisotopic (exact) mass is 977 g/mol. The molecule has 0 radical (unpaired) electrons. The van der Waals surface area contributed by atoms with Crippen LogP contribution in [0.25, 0.3) is 0 Å². The van der Waals surface area contributed by atoms with Crippen molar-refractivity contribution in [2.45, 2.75) is 301 Å². The molecule has 1 saturated carbocycles. The van der Waals surface area contributed by atoms with Crippen LogP contribution in [0.4, 0.5) is 0 Å². The lowest BCUT2D eigenvalue weighted by molar-refractivity contribution is -0.220. The summed E-state index contributed by atoms with van der Waals surface area (Å²) in [7, 11) is -5.12. The summed E-state index contributed by atoms with van der Waals surface area (Å²) in [6.07, 6.45) is 35.5. The van der Waals surface area contributed by atoms with Crippen molar-refractivity contribution in [2.24, 2.45) is 0 Å². The summed E-state index contributed by atoms with van der Waals surface area (Å²) in [4.78, 5) is 35.9. The normalized spacial score (nSPS) is 21.1. The first-order valence-electron chi connectivity index (χ1n) is 27.5. The van der Waals surface area contributed by atoms with E-state index in [1.54, 1.807) is 0 Å². The third-order valence-electron chi connectivity index (χ3n) is 13.1. The van der Waals surface area contributed by atoms with Gasteiger partial charge in [-0.1, -0.05) is 219 Å². The van der Waals surface area contributed by atoms with Crippen LogP contribution in [0.1, 0.15) is 258 Å². The van der Waals surface area contributed by atoms with E-state index in [2.05, 4.69) is 26.0 Å². The van der Waals surface area contributed by atoms with Gasteiger partial charge in [-0.2, -0.15) is 0 Å². The molecule has 6 atom stereocenters. The quantitative estimate of drug-likeness (QED) is 0.0145. The molecule has 0 amide bonds. The second-order valence-corrected chi connectivity index (χ2v) is 20.9. The summed E-state index contributed by atoms with van der Waals surface area (Å²) < 4.78 is 33.7. The molecule has 1 rings (SSSR count). The van der Waals surface area contributed by atoms with E-state index in [4.69, 9.17) is 18.5 Å². The summed E-state index contributed by atoms with van der Waals surface area (Å²) >= 11 is 0. The third-order valence-corrected chi connectivity index (χ3v) is 14.1. The highest BCUT2D eigenvalue weighted by molar-refractivity contribution is 7.47. The molecule has 396 valence electrons. The van der Waals surface area contributed by atoms with Gasteiger partial charge in [0.15, 0.2) is 6.10 Å². The molecule has 1 aliphatic rings. The van der Waals surface area contributed by atoms with Crippen LogP contribution in [0, 0.1) is 0 Å². The maximum atomic E-state index is 12.9. The van der Waals surface area contributed by atoms with Gasteiger partial charge in [0.25, 0.3) is 0 Å². The van der Waals surface area contributed by atoms with Crippen molar-refractivity contribution in [2.75, 3.05) is 13.2 Å². The zero-order valence-corrected chi connectivity index (χ0v) is 43.4. The highest BCUT2D eigenvalue weighted by Gasteiger charge is 2.51. The minimum atomic E-state index is -5.12. The predicted molar refractivity (Wildman–Crippen MR) is 267 cm³/mol. The lowest BCUT2D eigenvalue weighted by Gasteiger charge is -2.41. The van der Waals surface area contributed by atoms with Gasteiger partial charge in [-0.15, -0.1) is 0 Å². The summed E-state index contributed by atoms with van der Waals surface area (Å²) in [6, 6.07) is 0. The third kappa shape index (κ3) is 35.4. The fourth-order valence-corrected chi connectivity index (χ4v) is 9.67. The van der Waals surface area contributed by atoms with Gasteiger partial charge in [-0.3, -0.25) is 18.6 Å². The summed E-state index contributed by atoms with van der Waals surface area (Å²) in [6.45, 7) is 3.34. The van der Waals surface area contributed by atoms with Crippen molar-refractivity contribution in [3.8, 4) is 0 Å². The highest BCUT2D eigenvalue weighted by Crippen LogP contribution is 2.47. The van der Waals surface area contributed by atoms with E-state index in [1.807, 2.05) is 0 Å². The number of allylic oxidation sites excluding steroid dienone is 2. The largest absolute Gasteiger partial charge is 0.472 e. The molecule has 0 aromatic carbocycles. The van der Waals surface area contributed by atoms with Gasteiger partial charge >= 0.3 is 19.8 Å². The van der Waals surface area contributed by atoms with Crippen LogP contribution < -0.4 is 0 Å². The van der Waals surface area contributed by atoms with E-state index >= 15 is 0 Å². The number of rotatable bonds is 47. The van der Waals surface area contributed by atoms with Gasteiger partial charge in [-0.25, -0.2) is 4.57 Å². The minimum absolute atomic E-state index is 0.0912. The Hall–Kier alpha value is -1.41. The average Bonchev–Trinajstić information content (AvgIpc) is 3.31. The first kappa shape index (κ1) is 63.6. The van der Waals surface area contributed by atoms with Gasteiger partial charge in [0.2, 0.25) is 0 Å².